The van der Waals surface area contributed by atoms with E-state index in [0.717, 1.165) is 11.0 Å². The van der Waals surface area contributed by atoms with Crippen LogP contribution >= 0.6 is 0 Å². The summed E-state index contributed by atoms with van der Waals surface area (Å²) in [5.41, 5.74) is 3.91. The first-order chi connectivity index (χ1) is 12.8. The molecule has 4 aromatic rings. The van der Waals surface area contributed by atoms with Crippen molar-refractivity contribution in [1.82, 2.24) is 9.97 Å². The van der Waals surface area contributed by atoms with Gasteiger partial charge in [-0.3, -0.25) is 4.79 Å². The molecule has 0 radical (unpaired) electrons. The summed E-state index contributed by atoms with van der Waals surface area (Å²) in [6.07, 6.45) is 0. The first-order valence-corrected chi connectivity index (χ1v) is 8.14. The number of carbonyl (C=O) groups is 1. The number of benzene rings is 3. The third kappa shape index (κ3) is 2.39. The number of nitrogens with zero attached hydrogens (tertiary/aromatic N) is 2. The summed E-state index contributed by atoms with van der Waals surface area (Å²) < 4.78 is 10.6. The van der Waals surface area contributed by atoms with Gasteiger partial charge in [-0.05, 0) is 36.4 Å². The normalized spacial score (nSPS) is 12.5. The molecule has 1 amide bonds. The van der Waals surface area contributed by atoms with Gasteiger partial charge in [0.2, 0.25) is 6.79 Å². The van der Waals surface area contributed by atoms with Crippen LogP contribution in [0.5, 0.6) is 11.5 Å². The predicted molar refractivity (Wildman–Crippen MR) is 97.6 cm³/mol. The lowest BCUT2D eigenvalue weighted by Crippen LogP contribution is -2.13. The van der Waals surface area contributed by atoms with E-state index in [1.807, 2.05) is 30.3 Å². The van der Waals surface area contributed by atoms with Crippen LogP contribution in [0.25, 0.3) is 22.1 Å². The lowest BCUT2D eigenvalue weighted by Gasteiger charge is -2.09. The fraction of sp³-hybridized carbons (Fsp3) is 0.0500. The van der Waals surface area contributed by atoms with E-state index in [2.05, 4.69) is 15.3 Å². The third-order valence-corrected chi connectivity index (χ3v) is 4.24. The van der Waals surface area contributed by atoms with E-state index in [4.69, 9.17) is 9.47 Å². The van der Waals surface area contributed by atoms with Crippen molar-refractivity contribution in [2.75, 3.05) is 12.1 Å². The van der Waals surface area contributed by atoms with Crippen molar-refractivity contribution in [3.63, 3.8) is 0 Å². The van der Waals surface area contributed by atoms with Gasteiger partial charge in [0.15, 0.2) is 11.5 Å². The predicted octanol–water partition coefficient (Wildman–Crippen LogP) is 3.76. The van der Waals surface area contributed by atoms with Crippen LogP contribution in [0.2, 0.25) is 0 Å². The Labute approximate surface area is 148 Å². The highest BCUT2D eigenvalue weighted by atomic mass is 16.7. The molecule has 6 nitrogen and oxygen atoms in total. The molecule has 0 saturated carbocycles. The number of hydrogen-bond donors (Lipinski definition) is 1. The second-order valence-corrected chi connectivity index (χ2v) is 5.91. The van der Waals surface area contributed by atoms with Gasteiger partial charge in [0.1, 0.15) is 5.52 Å². The zero-order valence-corrected chi connectivity index (χ0v) is 13.6. The van der Waals surface area contributed by atoms with E-state index in [0.29, 0.717) is 33.8 Å². The van der Waals surface area contributed by atoms with Crippen LogP contribution in [0.4, 0.5) is 5.69 Å². The molecule has 1 aromatic heterocycles. The minimum atomic E-state index is -0.251. The highest BCUT2D eigenvalue weighted by Crippen LogP contribution is 2.34. The topological polar surface area (TPSA) is 73.3 Å². The molecule has 2 heterocycles. The molecular weight excluding hydrogens is 330 g/mol. The minimum absolute atomic E-state index is 0.193. The molecule has 0 unspecified atom stereocenters. The van der Waals surface area contributed by atoms with Gasteiger partial charge in [-0.15, -0.1) is 0 Å². The van der Waals surface area contributed by atoms with Gasteiger partial charge in [-0.25, -0.2) is 9.97 Å². The summed E-state index contributed by atoms with van der Waals surface area (Å²) in [6, 6.07) is 18.3. The molecule has 3 aromatic carbocycles. The van der Waals surface area contributed by atoms with Crippen molar-refractivity contribution in [3.8, 4) is 11.5 Å². The SMILES string of the molecule is O=C(Nc1ccc2c(c1)OCO2)c1cccc2nc3ccccc3nc12. The number of anilines is 1. The average Bonchev–Trinajstić information content (AvgIpc) is 3.13. The second kappa shape index (κ2) is 5.70. The maximum atomic E-state index is 12.8. The number of nitrogens with one attached hydrogen (secondary N) is 1. The lowest BCUT2D eigenvalue weighted by molar-refractivity contribution is 0.102. The number of carbonyl (C=O) groups excluding carboxylic acids is 1. The van der Waals surface area contributed by atoms with Crippen LogP contribution in [0, 0.1) is 0 Å². The average molecular weight is 343 g/mol. The van der Waals surface area contributed by atoms with Gasteiger partial charge in [-0.1, -0.05) is 18.2 Å². The van der Waals surface area contributed by atoms with Crippen molar-refractivity contribution >= 4 is 33.7 Å². The molecule has 0 atom stereocenters. The number of amides is 1. The Bertz CT molecular complexity index is 1170. The summed E-state index contributed by atoms with van der Waals surface area (Å²) in [4.78, 5) is 22.0. The van der Waals surface area contributed by atoms with Crippen molar-refractivity contribution < 1.29 is 14.3 Å². The van der Waals surface area contributed by atoms with Crippen molar-refractivity contribution in [2.45, 2.75) is 0 Å². The van der Waals surface area contributed by atoms with Crippen molar-refractivity contribution in [3.05, 3.63) is 66.2 Å². The third-order valence-electron chi connectivity index (χ3n) is 4.24. The van der Waals surface area contributed by atoms with Crippen LogP contribution < -0.4 is 14.8 Å². The molecule has 1 aliphatic rings. The summed E-state index contributed by atoms with van der Waals surface area (Å²) in [5, 5.41) is 2.89. The molecule has 126 valence electrons. The number of fused-ring (bicyclic) bond motifs is 3. The molecule has 0 bridgehead atoms. The van der Waals surface area contributed by atoms with Gasteiger partial charge < -0.3 is 14.8 Å². The Hall–Kier alpha value is -3.67. The van der Waals surface area contributed by atoms with Crippen LogP contribution in [-0.4, -0.2) is 22.7 Å². The zero-order chi connectivity index (χ0) is 17.5. The van der Waals surface area contributed by atoms with E-state index in [1.54, 1.807) is 30.3 Å². The highest BCUT2D eigenvalue weighted by molar-refractivity contribution is 6.12. The summed E-state index contributed by atoms with van der Waals surface area (Å²) in [5.74, 6) is 1.04. The Morgan fingerprint density at radius 1 is 0.846 bits per heavy atom. The molecule has 26 heavy (non-hydrogen) atoms. The largest absolute Gasteiger partial charge is 0.454 e. The van der Waals surface area contributed by atoms with E-state index >= 15 is 0 Å². The molecule has 0 saturated heterocycles. The Morgan fingerprint density at radius 3 is 2.50 bits per heavy atom. The Morgan fingerprint density at radius 2 is 1.62 bits per heavy atom. The molecule has 0 spiro atoms. The van der Waals surface area contributed by atoms with Gasteiger partial charge in [0.05, 0.1) is 22.1 Å². The van der Waals surface area contributed by atoms with Gasteiger partial charge >= 0.3 is 0 Å². The van der Waals surface area contributed by atoms with Crippen LogP contribution in [0.3, 0.4) is 0 Å². The standard InChI is InChI=1S/C20H13N3O3/c24-20(21-12-8-9-17-18(10-12)26-11-25-17)13-4-3-7-16-19(13)23-15-6-2-1-5-14(15)22-16/h1-10H,11H2,(H,21,24). The van der Waals surface area contributed by atoms with Crippen LogP contribution in [-0.2, 0) is 0 Å². The first kappa shape index (κ1) is 14.7. The molecule has 6 heteroatoms. The quantitative estimate of drug-likeness (QED) is 0.561. The van der Waals surface area contributed by atoms with E-state index in [1.165, 1.54) is 0 Å². The zero-order valence-electron chi connectivity index (χ0n) is 13.6. The summed E-state index contributed by atoms with van der Waals surface area (Å²) in [6.45, 7) is 0.193. The fourth-order valence-electron chi connectivity index (χ4n) is 3.00. The lowest BCUT2D eigenvalue weighted by atomic mass is 10.1. The fourth-order valence-corrected chi connectivity index (χ4v) is 3.00. The number of aromatic nitrogens is 2. The minimum Gasteiger partial charge on any atom is -0.454 e. The molecular formula is C20H13N3O3. The number of rotatable bonds is 2. The molecule has 5 rings (SSSR count). The van der Waals surface area contributed by atoms with Crippen molar-refractivity contribution in [2.24, 2.45) is 0 Å². The maximum Gasteiger partial charge on any atom is 0.257 e. The highest BCUT2D eigenvalue weighted by Gasteiger charge is 2.16. The molecule has 0 fully saturated rings. The summed E-state index contributed by atoms with van der Waals surface area (Å²) in [7, 11) is 0. The molecule has 0 aliphatic carbocycles. The maximum absolute atomic E-state index is 12.8. The van der Waals surface area contributed by atoms with Crippen LogP contribution in [0.1, 0.15) is 10.4 Å². The summed E-state index contributed by atoms with van der Waals surface area (Å²) >= 11 is 0. The smallest absolute Gasteiger partial charge is 0.257 e. The number of hydrogen-bond acceptors (Lipinski definition) is 5. The van der Waals surface area contributed by atoms with E-state index in [9.17, 15) is 4.79 Å². The van der Waals surface area contributed by atoms with Crippen molar-refractivity contribution in [1.29, 1.82) is 0 Å². The van der Waals surface area contributed by atoms with Gasteiger partial charge in [0, 0.05) is 11.8 Å². The number of ether oxygens (including phenoxy) is 2. The monoisotopic (exact) mass is 343 g/mol. The second-order valence-electron chi connectivity index (χ2n) is 5.91. The molecule has 1 aliphatic heterocycles. The van der Waals surface area contributed by atoms with Gasteiger partial charge in [0.25, 0.3) is 5.91 Å². The van der Waals surface area contributed by atoms with E-state index in [-0.39, 0.29) is 12.7 Å². The molecule has 1 N–H and O–H groups in total. The van der Waals surface area contributed by atoms with E-state index < -0.39 is 0 Å². The Balaban J connectivity index is 1.55. The Kier molecular flexibility index (Phi) is 3.21. The van der Waals surface area contributed by atoms with Crippen LogP contribution in [0.15, 0.2) is 60.7 Å². The first-order valence-electron chi connectivity index (χ1n) is 8.14. The van der Waals surface area contributed by atoms with Gasteiger partial charge in [-0.2, -0.15) is 0 Å². The number of para-hydroxylation sites is 3.